The molecule has 1 fully saturated rings. The van der Waals surface area contributed by atoms with Crippen LogP contribution >= 0.6 is 12.6 Å². The van der Waals surface area contributed by atoms with Gasteiger partial charge in [-0.05, 0) is 12.5 Å². The minimum atomic E-state index is -0.235. The number of rotatable bonds is 5. The first-order chi connectivity index (χ1) is 8.04. The van der Waals surface area contributed by atoms with E-state index in [2.05, 4.69) is 29.8 Å². The maximum Gasteiger partial charge on any atom is 0.233 e. The van der Waals surface area contributed by atoms with Crippen LogP contribution in [0.2, 0.25) is 0 Å². The smallest absolute Gasteiger partial charge is 0.233 e. The summed E-state index contributed by atoms with van der Waals surface area (Å²) in [5.74, 6) is 0.248. The van der Waals surface area contributed by atoms with Gasteiger partial charge in [0.05, 0.1) is 18.0 Å². The van der Waals surface area contributed by atoms with Crippen molar-refractivity contribution in [2.45, 2.75) is 32.1 Å². The van der Waals surface area contributed by atoms with Crippen LogP contribution in [0, 0.1) is 5.92 Å². The molecule has 1 saturated heterocycles. The summed E-state index contributed by atoms with van der Waals surface area (Å²) in [6.45, 7) is 10.4. The number of morpholine rings is 1. The quantitative estimate of drug-likeness (QED) is 0.718. The van der Waals surface area contributed by atoms with Crippen molar-refractivity contribution in [3.63, 3.8) is 0 Å². The van der Waals surface area contributed by atoms with Gasteiger partial charge in [0.2, 0.25) is 5.91 Å². The van der Waals surface area contributed by atoms with Gasteiger partial charge in [-0.2, -0.15) is 12.6 Å². The van der Waals surface area contributed by atoms with Gasteiger partial charge in [-0.3, -0.25) is 9.69 Å². The van der Waals surface area contributed by atoms with Gasteiger partial charge in [-0.15, -0.1) is 0 Å². The molecule has 0 aliphatic carbocycles. The lowest BCUT2D eigenvalue weighted by atomic mass is 10.1. The summed E-state index contributed by atoms with van der Waals surface area (Å²) in [5, 5.41) is 2.68. The molecule has 0 aromatic heterocycles. The van der Waals surface area contributed by atoms with Crippen LogP contribution in [-0.4, -0.2) is 54.9 Å². The van der Waals surface area contributed by atoms with Crippen LogP contribution < -0.4 is 5.32 Å². The molecule has 0 aromatic rings. The van der Waals surface area contributed by atoms with Crippen molar-refractivity contribution in [3.05, 3.63) is 0 Å². The fourth-order valence-electron chi connectivity index (χ4n) is 1.81. The highest BCUT2D eigenvalue weighted by atomic mass is 32.1. The molecule has 1 heterocycles. The first-order valence-electron chi connectivity index (χ1n) is 6.34. The molecule has 100 valence electrons. The highest BCUT2D eigenvalue weighted by Gasteiger charge is 2.22. The van der Waals surface area contributed by atoms with E-state index in [9.17, 15) is 4.79 Å². The highest BCUT2D eigenvalue weighted by Crippen LogP contribution is 2.09. The number of ether oxygens (including phenoxy) is 1. The van der Waals surface area contributed by atoms with E-state index >= 15 is 0 Å². The first-order valence-corrected chi connectivity index (χ1v) is 6.86. The molecule has 1 N–H and O–H groups in total. The molecule has 0 bridgehead atoms. The van der Waals surface area contributed by atoms with E-state index in [1.165, 1.54) is 0 Å². The molecule has 4 nitrogen and oxygen atoms in total. The van der Waals surface area contributed by atoms with Gasteiger partial charge in [-0.1, -0.05) is 20.8 Å². The zero-order valence-electron chi connectivity index (χ0n) is 11.0. The lowest BCUT2D eigenvalue weighted by molar-refractivity contribution is -0.122. The zero-order chi connectivity index (χ0) is 12.8. The second-order valence-corrected chi connectivity index (χ2v) is 5.38. The average Bonchev–Trinajstić information content (AvgIpc) is 2.35. The molecular formula is C12H24N2O2S. The Bertz CT molecular complexity index is 249. The zero-order valence-corrected chi connectivity index (χ0v) is 11.9. The van der Waals surface area contributed by atoms with Crippen LogP contribution in [-0.2, 0) is 9.53 Å². The summed E-state index contributed by atoms with van der Waals surface area (Å²) >= 11 is 4.29. The van der Waals surface area contributed by atoms with Gasteiger partial charge < -0.3 is 10.1 Å². The second-order valence-electron chi connectivity index (χ2n) is 4.82. The Hall–Kier alpha value is -0.260. The SMILES string of the molecule is CCN1CCOC(CNC(=O)C(S)C(C)C)C1. The number of thiol groups is 1. The number of nitrogens with zero attached hydrogens (tertiary/aromatic N) is 1. The number of nitrogens with one attached hydrogen (secondary N) is 1. The van der Waals surface area contributed by atoms with Crippen LogP contribution in [0.3, 0.4) is 0 Å². The minimum Gasteiger partial charge on any atom is -0.374 e. The van der Waals surface area contributed by atoms with Gasteiger partial charge in [0.15, 0.2) is 0 Å². The van der Waals surface area contributed by atoms with Crippen LogP contribution in [0.25, 0.3) is 0 Å². The van der Waals surface area contributed by atoms with Crippen molar-refractivity contribution in [2.24, 2.45) is 5.92 Å². The van der Waals surface area contributed by atoms with Crippen molar-refractivity contribution < 1.29 is 9.53 Å². The predicted molar refractivity (Wildman–Crippen MR) is 72.5 cm³/mol. The molecule has 0 radical (unpaired) electrons. The Morgan fingerprint density at radius 3 is 2.88 bits per heavy atom. The standard InChI is InChI=1S/C12H24N2O2S/c1-4-14-5-6-16-10(8-14)7-13-12(15)11(17)9(2)3/h9-11,17H,4-8H2,1-3H3,(H,13,15). The van der Waals surface area contributed by atoms with Crippen LogP contribution in [0.5, 0.6) is 0 Å². The fourth-order valence-corrected chi connectivity index (χ4v) is 1.90. The average molecular weight is 260 g/mol. The third kappa shape index (κ3) is 4.85. The van der Waals surface area contributed by atoms with Gasteiger partial charge in [0, 0.05) is 19.6 Å². The molecule has 0 saturated carbocycles. The van der Waals surface area contributed by atoms with E-state index in [-0.39, 0.29) is 23.2 Å². The highest BCUT2D eigenvalue weighted by molar-refractivity contribution is 7.81. The molecule has 0 spiro atoms. The maximum atomic E-state index is 11.7. The summed E-state index contributed by atoms with van der Waals surface area (Å²) < 4.78 is 5.62. The molecule has 1 rings (SSSR count). The van der Waals surface area contributed by atoms with E-state index in [0.717, 1.165) is 26.2 Å². The summed E-state index contributed by atoms with van der Waals surface area (Å²) in [6, 6.07) is 0. The third-order valence-electron chi connectivity index (χ3n) is 3.07. The number of carbonyl (C=O) groups excluding carboxylic acids is 1. The van der Waals surface area contributed by atoms with E-state index < -0.39 is 0 Å². The molecule has 2 unspecified atom stereocenters. The number of hydrogen-bond donors (Lipinski definition) is 2. The molecule has 0 aromatic carbocycles. The van der Waals surface area contributed by atoms with Crippen molar-refractivity contribution in [3.8, 4) is 0 Å². The molecule has 1 aliphatic heterocycles. The van der Waals surface area contributed by atoms with E-state index in [1.54, 1.807) is 0 Å². The molecule has 17 heavy (non-hydrogen) atoms. The van der Waals surface area contributed by atoms with E-state index in [4.69, 9.17) is 4.74 Å². The third-order valence-corrected chi connectivity index (χ3v) is 3.90. The lowest BCUT2D eigenvalue weighted by Gasteiger charge is -2.32. The minimum absolute atomic E-state index is 0.000514. The van der Waals surface area contributed by atoms with Crippen LogP contribution in [0.4, 0.5) is 0 Å². The normalized spacial score (nSPS) is 23.7. The Morgan fingerprint density at radius 1 is 1.59 bits per heavy atom. The van der Waals surface area contributed by atoms with E-state index in [1.807, 2.05) is 13.8 Å². The predicted octanol–water partition coefficient (Wildman–Crippen LogP) is 0.778. The van der Waals surface area contributed by atoms with Crippen molar-refractivity contribution in [1.82, 2.24) is 10.2 Å². The van der Waals surface area contributed by atoms with Crippen molar-refractivity contribution in [1.29, 1.82) is 0 Å². The number of amides is 1. The lowest BCUT2D eigenvalue weighted by Crippen LogP contribution is -2.48. The molecule has 1 amide bonds. The number of likely N-dealkylation sites (N-methyl/N-ethyl adjacent to an activating group) is 1. The Labute approximate surface area is 109 Å². The summed E-state index contributed by atoms with van der Waals surface area (Å²) in [7, 11) is 0. The monoisotopic (exact) mass is 260 g/mol. The topological polar surface area (TPSA) is 41.6 Å². The molecular weight excluding hydrogens is 236 g/mol. The first kappa shape index (κ1) is 14.8. The van der Waals surface area contributed by atoms with Crippen LogP contribution in [0.1, 0.15) is 20.8 Å². The van der Waals surface area contributed by atoms with Crippen molar-refractivity contribution >= 4 is 18.5 Å². The van der Waals surface area contributed by atoms with Gasteiger partial charge >= 0.3 is 0 Å². The molecule has 5 heteroatoms. The molecule has 1 aliphatic rings. The van der Waals surface area contributed by atoms with Gasteiger partial charge in [-0.25, -0.2) is 0 Å². The second kappa shape index (κ2) is 7.24. The van der Waals surface area contributed by atoms with Gasteiger partial charge in [0.1, 0.15) is 0 Å². The Balaban J connectivity index is 2.28. The summed E-state index contributed by atoms with van der Waals surface area (Å²) in [6.07, 6.45) is 0.111. The van der Waals surface area contributed by atoms with Crippen LogP contribution in [0.15, 0.2) is 0 Å². The Kier molecular flexibility index (Phi) is 6.30. The Morgan fingerprint density at radius 2 is 2.29 bits per heavy atom. The largest absolute Gasteiger partial charge is 0.374 e. The number of carbonyl (C=O) groups is 1. The van der Waals surface area contributed by atoms with E-state index in [0.29, 0.717) is 6.54 Å². The molecule has 2 atom stereocenters. The summed E-state index contributed by atoms with van der Waals surface area (Å²) in [5.41, 5.74) is 0. The summed E-state index contributed by atoms with van der Waals surface area (Å²) in [4.78, 5) is 14.1. The van der Waals surface area contributed by atoms with Crippen molar-refractivity contribution in [2.75, 3.05) is 32.8 Å². The number of hydrogen-bond acceptors (Lipinski definition) is 4. The van der Waals surface area contributed by atoms with Gasteiger partial charge in [0.25, 0.3) is 0 Å². The maximum absolute atomic E-state index is 11.7. The fraction of sp³-hybridized carbons (Fsp3) is 0.917.